The minimum Gasteiger partial charge on any atom is -0.496 e. The Morgan fingerprint density at radius 1 is 0.978 bits per heavy atom. The van der Waals surface area contributed by atoms with Crippen LogP contribution in [0.4, 0.5) is 5.69 Å². The Balaban J connectivity index is 1.44. The van der Waals surface area contributed by atoms with E-state index in [4.69, 9.17) is 41.8 Å². The lowest BCUT2D eigenvalue weighted by molar-refractivity contribution is -0.386. The molecule has 0 atom stereocenters. The third kappa shape index (κ3) is 5.78. The molecule has 11 nitrogen and oxygen atoms in total. The number of nitro groups is 1. The standard InChI is InChI=1S/C32H22Cl2N4O7/c1-42-26-8-5-9-27-22(26)15-29(45-27)31-36-24-7-4-3-6-21(24)32(39)37(31)35-16-18-12-25(38(40)41)30(28(13-18)43-2)44-17-19-10-11-20(33)14-23(19)34/h3-16H,17H2,1-2H3. The number of nitro benzene ring substituents is 1. The zero-order valence-corrected chi connectivity index (χ0v) is 25.2. The molecule has 0 spiro atoms. The SMILES string of the molecule is COc1cc(C=Nn2c(-c3cc4c(OC)cccc4o3)nc3ccccc3c2=O)cc([N+](=O)[O-])c1OCc1ccc(Cl)cc1Cl. The molecular weight excluding hydrogens is 623 g/mol. The Kier molecular flexibility index (Phi) is 8.12. The van der Waals surface area contributed by atoms with Crippen LogP contribution in [0.25, 0.3) is 33.5 Å². The summed E-state index contributed by atoms with van der Waals surface area (Å²) in [7, 11) is 2.90. The van der Waals surface area contributed by atoms with Crippen molar-refractivity contribution in [2.24, 2.45) is 5.10 Å². The van der Waals surface area contributed by atoms with Crippen molar-refractivity contribution in [1.29, 1.82) is 0 Å². The zero-order valence-electron chi connectivity index (χ0n) is 23.7. The Morgan fingerprint density at radius 2 is 1.78 bits per heavy atom. The van der Waals surface area contributed by atoms with E-state index in [1.165, 1.54) is 25.5 Å². The lowest BCUT2D eigenvalue weighted by Crippen LogP contribution is -2.20. The average molecular weight is 645 g/mol. The summed E-state index contributed by atoms with van der Waals surface area (Å²) in [5.74, 6) is 0.939. The van der Waals surface area contributed by atoms with Gasteiger partial charge in [0.25, 0.3) is 5.56 Å². The van der Waals surface area contributed by atoms with Crippen molar-refractivity contribution in [2.75, 3.05) is 14.2 Å². The number of aromatic nitrogens is 2. The molecule has 2 aromatic heterocycles. The van der Waals surface area contributed by atoms with Gasteiger partial charge in [-0.1, -0.05) is 47.5 Å². The number of benzene rings is 4. The van der Waals surface area contributed by atoms with Crippen molar-refractivity contribution in [2.45, 2.75) is 6.61 Å². The van der Waals surface area contributed by atoms with E-state index in [0.29, 0.717) is 43.2 Å². The van der Waals surface area contributed by atoms with Crippen molar-refractivity contribution >= 4 is 57.0 Å². The Bertz CT molecular complexity index is 2190. The summed E-state index contributed by atoms with van der Waals surface area (Å²) in [6.07, 6.45) is 1.29. The van der Waals surface area contributed by atoms with Gasteiger partial charge in [0, 0.05) is 27.2 Å². The number of fused-ring (bicyclic) bond motifs is 2. The molecule has 2 heterocycles. The Morgan fingerprint density at radius 3 is 2.53 bits per heavy atom. The molecule has 226 valence electrons. The quantitative estimate of drug-likeness (QED) is 0.0897. The lowest BCUT2D eigenvalue weighted by Gasteiger charge is -2.13. The molecule has 0 radical (unpaired) electrons. The summed E-state index contributed by atoms with van der Waals surface area (Å²) in [5, 5.41) is 18.3. The van der Waals surface area contributed by atoms with E-state index in [1.807, 2.05) is 0 Å². The predicted molar refractivity (Wildman–Crippen MR) is 171 cm³/mol. The molecule has 0 saturated heterocycles. The van der Waals surface area contributed by atoms with E-state index in [9.17, 15) is 14.9 Å². The molecule has 0 N–H and O–H groups in total. The molecule has 0 aliphatic rings. The molecule has 0 aliphatic carbocycles. The first-order valence-electron chi connectivity index (χ1n) is 13.3. The number of nitrogens with zero attached hydrogens (tertiary/aromatic N) is 4. The molecule has 0 fully saturated rings. The van der Waals surface area contributed by atoms with Crippen molar-refractivity contribution in [3.8, 4) is 28.8 Å². The molecule has 6 aromatic rings. The number of para-hydroxylation sites is 1. The van der Waals surface area contributed by atoms with Gasteiger partial charge in [0.05, 0.1) is 41.6 Å². The number of furan rings is 1. The van der Waals surface area contributed by atoms with Crippen LogP contribution >= 0.6 is 23.2 Å². The predicted octanol–water partition coefficient (Wildman–Crippen LogP) is 7.50. The molecule has 0 amide bonds. The van der Waals surface area contributed by atoms with Gasteiger partial charge < -0.3 is 18.6 Å². The second kappa shape index (κ2) is 12.3. The van der Waals surface area contributed by atoms with Gasteiger partial charge in [-0.3, -0.25) is 14.9 Å². The smallest absolute Gasteiger partial charge is 0.315 e. The van der Waals surface area contributed by atoms with Crippen LogP contribution in [0.15, 0.2) is 93.2 Å². The highest BCUT2D eigenvalue weighted by Gasteiger charge is 2.23. The third-order valence-electron chi connectivity index (χ3n) is 6.90. The van der Waals surface area contributed by atoms with Crippen LogP contribution in [0.5, 0.6) is 17.2 Å². The fourth-order valence-corrected chi connectivity index (χ4v) is 5.20. The van der Waals surface area contributed by atoms with Crippen LogP contribution in [-0.4, -0.2) is 35.0 Å². The number of halogens is 2. The molecular formula is C32H22Cl2N4O7. The van der Waals surface area contributed by atoms with Gasteiger partial charge in [-0.15, -0.1) is 0 Å². The summed E-state index contributed by atoms with van der Waals surface area (Å²) < 4.78 is 23.8. The number of methoxy groups -OCH3 is 2. The average Bonchev–Trinajstić information content (AvgIpc) is 3.48. The minimum absolute atomic E-state index is 0.0734. The first-order chi connectivity index (χ1) is 21.8. The van der Waals surface area contributed by atoms with E-state index >= 15 is 0 Å². The van der Waals surface area contributed by atoms with Crippen LogP contribution in [0.2, 0.25) is 10.0 Å². The zero-order chi connectivity index (χ0) is 31.7. The molecule has 0 saturated carbocycles. The van der Waals surface area contributed by atoms with Gasteiger partial charge >= 0.3 is 5.69 Å². The number of hydrogen-bond acceptors (Lipinski definition) is 9. The van der Waals surface area contributed by atoms with Crippen molar-refractivity contribution in [3.63, 3.8) is 0 Å². The summed E-state index contributed by atoms with van der Waals surface area (Å²) in [6, 6.07) is 21.5. The molecule has 45 heavy (non-hydrogen) atoms. The summed E-state index contributed by atoms with van der Waals surface area (Å²) in [6.45, 7) is -0.0789. The van der Waals surface area contributed by atoms with Gasteiger partial charge in [0.1, 0.15) is 17.9 Å². The van der Waals surface area contributed by atoms with Crippen molar-refractivity contribution in [3.05, 3.63) is 121 Å². The van der Waals surface area contributed by atoms with Crippen LogP contribution in [0, 0.1) is 10.1 Å². The van der Waals surface area contributed by atoms with Crippen LogP contribution in [-0.2, 0) is 6.61 Å². The van der Waals surface area contributed by atoms with Crippen LogP contribution in [0.1, 0.15) is 11.1 Å². The summed E-state index contributed by atoms with van der Waals surface area (Å²) in [5.41, 5.74) is 0.943. The Hall–Kier alpha value is -5.39. The fraction of sp³-hybridized carbons (Fsp3) is 0.0938. The van der Waals surface area contributed by atoms with Gasteiger partial charge in [0.15, 0.2) is 11.5 Å². The van der Waals surface area contributed by atoms with E-state index < -0.39 is 10.5 Å². The maximum atomic E-state index is 13.7. The number of ether oxygens (including phenoxy) is 3. The van der Waals surface area contributed by atoms with Gasteiger partial charge in [0.2, 0.25) is 11.6 Å². The van der Waals surface area contributed by atoms with Crippen molar-refractivity contribution in [1.82, 2.24) is 9.66 Å². The second-order valence-corrected chi connectivity index (χ2v) is 10.5. The van der Waals surface area contributed by atoms with E-state index in [1.54, 1.807) is 73.8 Å². The molecule has 0 bridgehead atoms. The van der Waals surface area contributed by atoms with Crippen molar-refractivity contribution < 1.29 is 23.6 Å². The maximum absolute atomic E-state index is 13.7. The van der Waals surface area contributed by atoms with Gasteiger partial charge in [-0.25, -0.2) is 4.98 Å². The summed E-state index contributed by atoms with van der Waals surface area (Å²) in [4.78, 5) is 29.9. The number of rotatable bonds is 9. The topological polar surface area (TPSA) is 131 Å². The van der Waals surface area contributed by atoms with Gasteiger partial charge in [-0.2, -0.15) is 9.78 Å². The lowest BCUT2D eigenvalue weighted by atomic mass is 10.1. The highest BCUT2D eigenvalue weighted by molar-refractivity contribution is 6.35. The van der Waals surface area contributed by atoms with E-state index in [0.717, 1.165) is 4.68 Å². The second-order valence-electron chi connectivity index (χ2n) is 9.65. The molecule has 0 aliphatic heterocycles. The molecule has 13 heteroatoms. The fourth-order valence-electron chi connectivity index (χ4n) is 4.74. The number of hydrogen-bond donors (Lipinski definition) is 0. The highest BCUT2D eigenvalue weighted by Crippen LogP contribution is 2.39. The molecule has 4 aromatic carbocycles. The first-order valence-corrected chi connectivity index (χ1v) is 14.1. The molecule has 6 rings (SSSR count). The Labute approximate surface area is 264 Å². The monoisotopic (exact) mass is 644 g/mol. The summed E-state index contributed by atoms with van der Waals surface area (Å²) >= 11 is 12.2. The normalized spacial score (nSPS) is 11.4. The van der Waals surface area contributed by atoms with Gasteiger partial charge in [-0.05, 0) is 48.5 Å². The third-order valence-corrected chi connectivity index (χ3v) is 7.49. The first kappa shape index (κ1) is 29.7. The largest absolute Gasteiger partial charge is 0.496 e. The maximum Gasteiger partial charge on any atom is 0.315 e. The van der Waals surface area contributed by atoms with E-state index in [-0.39, 0.29) is 40.9 Å². The molecule has 0 unspecified atom stereocenters. The van der Waals surface area contributed by atoms with Crippen LogP contribution < -0.4 is 19.8 Å². The van der Waals surface area contributed by atoms with E-state index in [2.05, 4.69) is 10.1 Å². The highest BCUT2D eigenvalue weighted by atomic mass is 35.5. The van der Waals surface area contributed by atoms with Crippen LogP contribution in [0.3, 0.4) is 0 Å². The minimum atomic E-state index is -0.602.